The molecule has 7 nitrogen and oxygen atoms in total. The summed E-state index contributed by atoms with van der Waals surface area (Å²) in [6.07, 6.45) is -5.34. The highest BCUT2D eigenvalue weighted by Gasteiger charge is 2.34. The van der Waals surface area contributed by atoms with Gasteiger partial charge < -0.3 is 15.4 Å². The van der Waals surface area contributed by atoms with Gasteiger partial charge in [0.25, 0.3) is 0 Å². The Balaban J connectivity index is 2.19. The van der Waals surface area contributed by atoms with Crippen molar-refractivity contribution in [1.82, 2.24) is 10.7 Å². The molecule has 0 unspecified atom stereocenters. The Hall–Kier alpha value is -2.78. The molecule has 0 aliphatic carbocycles. The highest BCUT2D eigenvalue weighted by molar-refractivity contribution is 6.04. The molecule has 0 bridgehead atoms. The third kappa shape index (κ3) is 4.61. The van der Waals surface area contributed by atoms with Crippen LogP contribution in [0.5, 0.6) is 0 Å². The average molecular weight is 344 g/mol. The maximum absolute atomic E-state index is 13.2. The number of anilines is 1. The Labute approximate surface area is 135 Å². The smallest absolute Gasteiger partial charge is 0.428 e. The van der Waals surface area contributed by atoms with Crippen LogP contribution in [0.2, 0.25) is 0 Å². The molecule has 0 saturated heterocycles. The van der Waals surface area contributed by atoms with E-state index in [1.165, 1.54) is 19.1 Å². The van der Waals surface area contributed by atoms with Crippen molar-refractivity contribution in [3.63, 3.8) is 0 Å². The zero-order valence-electron chi connectivity index (χ0n) is 12.7. The molecule has 24 heavy (non-hydrogen) atoms. The highest BCUT2D eigenvalue weighted by Crippen LogP contribution is 2.35. The van der Waals surface area contributed by atoms with Gasteiger partial charge in [-0.1, -0.05) is 6.07 Å². The molecule has 1 heterocycles. The molecule has 0 atom stereocenters. The molecular formula is C14H15F3N4O3. The lowest BCUT2D eigenvalue weighted by Crippen LogP contribution is -2.31. The molecule has 1 aliphatic heterocycles. The molecule has 2 amide bonds. The number of carbonyl (C=O) groups excluding carboxylic acids is 2. The molecule has 2 rings (SSSR count). The van der Waals surface area contributed by atoms with Crippen molar-refractivity contribution in [2.24, 2.45) is 5.10 Å². The SMILES string of the molecule is CC(=O)NCCNc1ccc(C2=NNC(=O)OC2)cc1C(F)(F)F. The summed E-state index contributed by atoms with van der Waals surface area (Å²) in [4.78, 5) is 21.6. The van der Waals surface area contributed by atoms with Crippen molar-refractivity contribution in [1.29, 1.82) is 0 Å². The third-order valence-corrected chi connectivity index (χ3v) is 3.09. The van der Waals surface area contributed by atoms with Crippen LogP contribution in [0.15, 0.2) is 23.3 Å². The molecular weight excluding hydrogens is 329 g/mol. The van der Waals surface area contributed by atoms with Crippen molar-refractivity contribution in [3.05, 3.63) is 29.3 Å². The van der Waals surface area contributed by atoms with E-state index in [9.17, 15) is 22.8 Å². The Bertz CT molecular complexity index is 674. The molecule has 1 aromatic rings. The topological polar surface area (TPSA) is 91.8 Å². The van der Waals surface area contributed by atoms with Crippen molar-refractivity contribution >= 4 is 23.4 Å². The molecule has 3 N–H and O–H groups in total. The summed E-state index contributed by atoms with van der Waals surface area (Å²) in [6, 6.07) is 3.64. The minimum absolute atomic E-state index is 0.113. The highest BCUT2D eigenvalue weighted by atomic mass is 19.4. The number of amides is 2. The Morgan fingerprint density at radius 1 is 1.38 bits per heavy atom. The van der Waals surface area contributed by atoms with Crippen LogP contribution in [0.4, 0.5) is 23.7 Å². The van der Waals surface area contributed by atoms with Gasteiger partial charge >= 0.3 is 12.3 Å². The summed E-state index contributed by atoms with van der Waals surface area (Å²) in [6.45, 7) is 1.45. The number of carbonyl (C=O) groups is 2. The fourth-order valence-corrected chi connectivity index (χ4v) is 2.01. The lowest BCUT2D eigenvalue weighted by Gasteiger charge is -2.18. The zero-order valence-corrected chi connectivity index (χ0v) is 12.7. The van der Waals surface area contributed by atoms with E-state index in [1.54, 1.807) is 0 Å². The van der Waals surface area contributed by atoms with Gasteiger partial charge in [0.05, 0.1) is 5.56 Å². The zero-order chi connectivity index (χ0) is 17.7. The van der Waals surface area contributed by atoms with Gasteiger partial charge in [0.15, 0.2) is 0 Å². The van der Waals surface area contributed by atoms with Gasteiger partial charge in [-0.3, -0.25) is 4.79 Å². The lowest BCUT2D eigenvalue weighted by atomic mass is 10.0. The lowest BCUT2D eigenvalue weighted by molar-refractivity contribution is -0.137. The number of hydrogen-bond acceptors (Lipinski definition) is 5. The number of nitrogens with one attached hydrogen (secondary N) is 3. The minimum atomic E-state index is -4.58. The fraction of sp³-hybridized carbons (Fsp3) is 0.357. The van der Waals surface area contributed by atoms with Gasteiger partial charge in [0.1, 0.15) is 12.3 Å². The quantitative estimate of drug-likeness (QED) is 0.709. The number of cyclic esters (lactones) is 1. The fourth-order valence-electron chi connectivity index (χ4n) is 2.01. The van der Waals surface area contributed by atoms with E-state index in [4.69, 9.17) is 0 Å². The second-order valence-corrected chi connectivity index (χ2v) is 4.91. The summed E-state index contributed by atoms with van der Waals surface area (Å²) in [5, 5.41) is 8.80. The first-order valence-electron chi connectivity index (χ1n) is 6.96. The number of nitrogens with zero attached hydrogens (tertiary/aromatic N) is 1. The molecule has 0 spiro atoms. The Morgan fingerprint density at radius 2 is 2.12 bits per heavy atom. The van der Waals surface area contributed by atoms with Crippen LogP contribution < -0.4 is 16.1 Å². The Morgan fingerprint density at radius 3 is 2.71 bits per heavy atom. The van der Waals surface area contributed by atoms with Gasteiger partial charge in [-0.15, -0.1) is 0 Å². The molecule has 0 radical (unpaired) electrons. The summed E-state index contributed by atoms with van der Waals surface area (Å²) >= 11 is 0. The second kappa shape index (κ2) is 7.20. The van der Waals surface area contributed by atoms with E-state index in [0.717, 1.165) is 6.07 Å². The van der Waals surface area contributed by atoms with Crippen LogP contribution in [0.1, 0.15) is 18.1 Å². The summed E-state index contributed by atoms with van der Waals surface area (Å²) in [7, 11) is 0. The maximum Gasteiger partial charge on any atom is 0.428 e. The van der Waals surface area contributed by atoms with Crippen molar-refractivity contribution in [2.45, 2.75) is 13.1 Å². The summed E-state index contributed by atoms with van der Waals surface area (Å²) < 4.78 is 44.4. The third-order valence-electron chi connectivity index (χ3n) is 3.09. The van der Waals surface area contributed by atoms with Crippen LogP contribution >= 0.6 is 0 Å². The van der Waals surface area contributed by atoms with Crippen LogP contribution in [-0.4, -0.2) is 37.4 Å². The van der Waals surface area contributed by atoms with Crippen molar-refractivity contribution < 1.29 is 27.5 Å². The number of hydrogen-bond donors (Lipinski definition) is 3. The number of alkyl halides is 3. The summed E-state index contributed by atoms with van der Waals surface area (Å²) in [5.41, 5.74) is 1.43. The second-order valence-electron chi connectivity index (χ2n) is 4.91. The van der Waals surface area contributed by atoms with Gasteiger partial charge in [-0.25, -0.2) is 10.2 Å². The predicted octanol–water partition coefficient (Wildman–Crippen LogP) is 1.70. The van der Waals surface area contributed by atoms with Crippen molar-refractivity contribution in [3.8, 4) is 0 Å². The maximum atomic E-state index is 13.2. The number of ether oxygens (including phenoxy) is 1. The largest absolute Gasteiger partial charge is 0.442 e. The average Bonchev–Trinajstić information content (AvgIpc) is 2.51. The van der Waals surface area contributed by atoms with Gasteiger partial charge in [-0.05, 0) is 12.1 Å². The molecule has 0 fully saturated rings. The van der Waals surface area contributed by atoms with E-state index in [0.29, 0.717) is 0 Å². The number of benzene rings is 1. The normalized spacial score (nSPS) is 14.3. The molecule has 1 aliphatic rings. The van der Waals surface area contributed by atoms with E-state index < -0.39 is 17.8 Å². The first kappa shape index (κ1) is 17.6. The molecule has 10 heteroatoms. The first-order chi connectivity index (χ1) is 11.3. The van der Waals surface area contributed by atoms with Crippen LogP contribution in [0.3, 0.4) is 0 Å². The van der Waals surface area contributed by atoms with Crippen molar-refractivity contribution in [2.75, 3.05) is 25.0 Å². The Kier molecular flexibility index (Phi) is 5.27. The van der Waals surface area contributed by atoms with E-state index >= 15 is 0 Å². The summed E-state index contributed by atoms with van der Waals surface area (Å²) in [5.74, 6) is -0.263. The monoisotopic (exact) mass is 344 g/mol. The molecule has 0 saturated carbocycles. The number of hydrazone groups is 1. The van der Waals surface area contributed by atoms with E-state index in [1.807, 2.05) is 5.43 Å². The number of rotatable bonds is 5. The number of halogens is 3. The van der Waals surface area contributed by atoms with Crippen LogP contribution in [0, 0.1) is 0 Å². The standard InChI is InChI=1S/C14H15F3N4O3/c1-8(22)18-4-5-19-11-3-2-9(6-10(11)14(15,16)17)12-7-24-13(23)21-20-12/h2-3,6,19H,4-5,7H2,1H3,(H,18,22)(H,21,23). The molecule has 130 valence electrons. The minimum Gasteiger partial charge on any atom is -0.442 e. The van der Waals surface area contributed by atoms with E-state index in [2.05, 4.69) is 20.5 Å². The predicted molar refractivity (Wildman–Crippen MR) is 79.6 cm³/mol. The van der Waals surface area contributed by atoms with Crippen LogP contribution in [-0.2, 0) is 15.7 Å². The van der Waals surface area contributed by atoms with Gasteiger partial charge in [0, 0.05) is 31.3 Å². The first-order valence-corrected chi connectivity index (χ1v) is 6.96. The van der Waals surface area contributed by atoms with Gasteiger partial charge in [0.2, 0.25) is 5.91 Å². The van der Waals surface area contributed by atoms with E-state index in [-0.39, 0.29) is 42.6 Å². The molecule has 0 aromatic heterocycles. The van der Waals surface area contributed by atoms with Gasteiger partial charge in [-0.2, -0.15) is 18.3 Å². The van der Waals surface area contributed by atoms with Crippen LogP contribution in [0.25, 0.3) is 0 Å². The molecule has 1 aromatic carbocycles.